The Bertz CT molecular complexity index is 2510. The van der Waals surface area contributed by atoms with Crippen LogP contribution >= 0.6 is 0 Å². The number of sulfonamides is 1. The predicted molar refractivity (Wildman–Crippen MR) is 227 cm³/mol. The zero-order valence-corrected chi connectivity index (χ0v) is 35.4. The third-order valence-corrected chi connectivity index (χ3v) is 14.7. The van der Waals surface area contributed by atoms with Gasteiger partial charge in [-0.3, -0.25) is 19.1 Å². The number of amides is 4. The fraction of sp³-hybridized carbons (Fsp3) is 0.511. The maximum absolute atomic E-state index is 14.8. The largest absolute Gasteiger partial charge is 0.472 e. The second kappa shape index (κ2) is 16.4. The van der Waals surface area contributed by atoms with Crippen molar-refractivity contribution >= 4 is 50.4 Å². The number of rotatable bonds is 8. The van der Waals surface area contributed by atoms with Gasteiger partial charge >= 0.3 is 6.09 Å². The highest BCUT2D eigenvalue weighted by Gasteiger charge is 2.62. The van der Waals surface area contributed by atoms with Gasteiger partial charge in [0, 0.05) is 29.4 Å². The predicted octanol–water partition coefficient (Wildman–Crippen LogP) is 5.56. The van der Waals surface area contributed by atoms with E-state index in [9.17, 15) is 27.6 Å². The quantitative estimate of drug-likeness (QED) is 0.190. The molecule has 16 heteroatoms. The fourth-order valence-electron chi connectivity index (χ4n) is 9.08. The van der Waals surface area contributed by atoms with E-state index >= 15 is 0 Å². The highest BCUT2D eigenvalue weighted by molar-refractivity contribution is 7.91. The van der Waals surface area contributed by atoms with Gasteiger partial charge in [0.1, 0.15) is 29.8 Å². The molecule has 322 valence electrons. The molecule has 2 aromatic heterocycles. The summed E-state index contributed by atoms with van der Waals surface area (Å²) in [5.74, 6) is -1.94. The van der Waals surface area contributed by atoms with Crippen LogP contribution in [0.25, 0.3) is 27.8 Å². The Morgan fingerprint density at radius 1 is 0.902 bits per heavy atom. The fourth-order valence-corrected chi connectivity index (χ4v) is 10.4. The number of carbonyl (C=O) groups excluding carboxylic acids is 4. The Balaban J connectivity index is 1.06. The van der Waals surface area contributed by atoms with Crippen LogP contribution in [0.4, 0.5) is 4.79 Å². The minimum atomic E-state index is -3.91. The molecule has 3 N–H and O–H groups in total. The second-order valence-electron chi connectivity index (χ2n) is 17.6. The number of allylic oxidation sites excluding steroid dienone is 1. The van der Waals surface area contributed by atoms with Crippen molar-refractivity contribution in [1.82, 2.24) is 34.9 Å². The Morgan fingerprint density at radius 2 is 1.66 bits per heavy atom. The van der Waals surface area contributed by atoms with E-state index in [1.54, 1.807) is 10.6 Å². The zero-order valence-electron chi connectivity index (χ0n) is 34.6. The van der Waals surface area contributed by atoms with Crippen LogP contribution in [-0.4, -0.2) is 93.4 Å². The second-order valence-corrected chi connectivity index (χ2v) is 19.6. The number of nitrogens with one attached hydrogen (secondary N) is 3. The summed E-state index contributed by atoms with van der Waals surface area (Å²) in [7, 11) is -3.91. The molecule has 4 fully saturated rings. The summed E-state index contributed by atoms with van der Waals surface area (Å²) >= 11 is 0. The maximum Gasteiger partial charge on any atom is 0.408 e. The van der Waals surface area contributed by atoms with Crippen molar-refractivity contribution < 1.29 is 37.1 Å². The monoisotopic (exact) mass is 851 g/mol. The SMILES string of the molecule is Cc1ccc(-c2cc(O[C@@H]3C[C@H]4C(=O)N[C@]5(C(=O)NS(=O)(=O)C6CC6)C[C@H]5/C=C\CCCCC[C@H](NC(=O)OC5CCCC5)C(=O)N4C3)n3nc4ccc(C)cc4c3n2)cc1. The topological polar surface area (TPSA) is 190 Å². The lowest BCUT2D eigenvalue weighted by Crippen LogP contribution is -2.58. The highest BCUT2D eigenvalue weighted by Crippen LogP contribution is 2.46. The van der Waals surface area contributed by atoms with Gasteiger partial charge in [-0.15, -0.1) is 0 Å². The van der Waals surface area contributed by atoms with Gasteiger partial charge in [-0.1, -0.05) is 66.5 Å². The van der Waals surface area contributed by atoms with Gasteiger partial charge in [-0.25, -0.2) is 18.2 Å². The maximum atomic E-state index is 14.8. The van der Waals surface area contributed by atoms with Crippen molar-refractivity contribution in [2.45, 2.75) is 132 Å². The summed E-state index contributed by atoms with van der Waals surface area (Å²) in [5.41, 5.74) is 3.45. The molecule has 4 heterocycles. The van der Waals surface area contributed by atoms with Gasteiger partial charge in [-0.2, -0.15) is 9.61 Å². The van der Waals surface area contributed by atoms with Gasteiger partial charge in [0.05, 0.1) is 23.0 Å². The highest BCUT2D eigenvalue weighted by atomic mass is 32.2. The first-order valence-electron chi connectivity index (χ1n) is 21.7. The van der Waals surface area contributed by atoms with Gasteiger partial charge in [-0.05, 0) is 90.2 Å². The van der Waals surface area contributed by atoms with E-state index < -0.39 is 68.7 Å². The molecule has 15 nitrogen and oxygen atoms in total. The van der Waals surface area contributed by atoms with E-state index in [0.29, 0.717) is 49.3 Å². The Labute approximate surface area is 355 Å². The molecule has 3 saturated carbocycles. The molecule has 4 amide bonds. The van der Waals surface area contributed by atoms with Crippen molar-refractivity contribution in [3.8, 4) is 17.1 Å². The van der Waals surface area contributed by atoms with Gasteiger partial charge in [0.2, 0.25) is 27.7 Å². The number of aromatic nitrogens is 3. The lowest BCUT2D eigenvalue weighted by Gasteiger charge is -2.30. The van der Waals surface area contributed by atoms with E-state index in [1.165, 1.54) is 4.90 Å². The summed E-state index contributed by atoms with van der Waals surface area (Å²) < 4.78 is 42.4. The number of aryl methyl sites for hydroxylation is 2. The van der Waals surface area contributed by atoms with Crippen molar-refractivity contribution in [1.29, 1.82) is 0 Å². The van der Waals surface area contributed by atoms with Crippen LogP contribution in [0.5, 0.6) is 5.88 Å². The first-order valence-corrected chi connectivity index (χ1v) is 23.3. The van der Waals surface area contributed by atoms with E-state index in [2.05, 4.69) is 15.4 Å². The minimum Gasteiger partial charge on any atom is -0.472 e. The molecular formula is C45H53N7O8S. The first-order chi connectivity index (χ1) is 29.4. The molecule has 61 heavy (non-hydrogen) atoms. The third kappa shape index (κ3) is 8.55. The van der Waals surface area contributed by atoms with Crippen LogP contribution in [0.1, 0.15) is 94.6 Å². The smallest absolute Gasteiger partial charge is 0.408 e. The zero-order chi connectivity index (χ0) is 42.5. The normalized spacial score (nSPS) is 26.8. The number of ether oxygens (including phenoxy) is 2. The summed E-state index contributed by atoms with van der Waals surface area (Å²) in [4.78, 5) is 63.1. The number of hydrogen-bond acceptors (Lipinski definition) is 10. The lowest BCUT2D eigenvalue weighted by atomic mass is 10.0. The van der Waals surface area contributed by atoms with Crippen molar-refractivity contribution in [3.63, 3.8) is 0 Å². The van der Waals surface area contributed by atoms with Gasteiger partial charge in [0.25, 0.3) is 5.91 Å². The van der Waals surface area contributed by atoms with E-state index in [0.717, 1.165) is 66.1 Å². The standard InChI is InChI=1S/C45H53N7O8S/c1-27-14-17-29(18-15-27)37-24-39(52-40(46-37)34-22-28(2)16-21-35(34)49-52)59-32-23-38-41(53)48-45(43(55)50-61(57,58)33-19-20-33)25-30(45)10-6-4-3-5-7-13-36(42(54)51(38)26-32)47-44(56)60-31-11-8-9-12-31/h6,10,14-18,21-22,24,30-33,36,38H,3-5,7-9,11-13,19-20,23,25-26H2,1-2H3,(H,47,56)(H,48,53)(H,50,55)/b10-6-/t30-,32-,36+,38+,45-/m1/s1. The molecule has 0 spiro atoms. The molecule has 5 atom stereocenters. The third-order valence-electron chi connectivity index (χ3n) is 12.8. The number of alkyl carbamates (subject to hydrolysis) is 1. The van der Waals surface area contributed by atoms with E-state index in [1.807, 2.05) is 68.5 Å². The first kappa shape index (κ1) is 40.9. The van der Waals surface area contributed by atoms with Crippen molar-refractivity contribution in [3.05, 3.63) is 71.8 Å². The van der Waals surface area contributed by atoms with Crippen LogP contribution in [0, 0.1) is 19.8 Å². The lowest BCUT2D eigenvalue weighted by molar-refractivity contribution is -0.141. The van der Waals surface area contributed by atoms with Crippen LogP contribution in [0.3, 0.4) is 0 Å². The molecule has 1 saturated heterocycles. The van der Waals surface area contributed by atoms with Crippen LogP contribution in [0.15, 0.2) is 60.7 Å². The molecule has 2 aliphatic heterocycles. The number of hydrogen-bond donors (Lipinski definition) is 3. The van der Waals surface area contributed by atoms with Gasteiger partial charge in [0.15, 0.2) is 5.65 Å². The average Bonchev–Trinajstić information content (AvgIpc) is 4.05. The minimum absolute atomic E-state index is 0.0189. The molecule has 5 aliphatic rings. The van der Waals surface area contributed by atoms with Gasteiger partial charge < -0.3 is 25.0 Å². The Hall–Kier alpha value is -5.51. The Morgan fingerprint density at radius 3 is 2.43 bits per heavy atom. The molecule has 9 rings (SSSR count). The number of carbonyl (C=O) groups is 4. The summed E-state index contributed by atoms with van der Waals surface area (Å²) in [6.07, 6.45) is 10.1. The number of nitrogens with zero attached hydrogens (tertiary/aromatic N) is 4. The average molecular weight is 852 g/mol. The summed E-state index contributed by atoms with van der Waals surface area (Å²) in [5, 5.41) is 10.8. The Kier molecular flexibility index (Phi) is 11.0. The van der Waals surface area contributed by atoms with E-state index in [4.69, 9.17) is 19.6 Å². The summed E-state index contributed by atoms with van der Waals surface area (Å²) in [6.45, 7) is 4.00. The van der Waals surface area contributed by atoms with Crippen LogP contribution < -0.4 is 20.1 Å². The van der Waals surface area contributed by atoms with Crippen molar-refractivity contribution in [2.24, 2.45) is 5.92 Å². The van der Waals surface area contributed by atoms with E-state index in [-0.39, 0.29) is 25.5 Å². The van der Waals surface area contributed by atoms with Crippen molar-refractivity contribution in [2.75, 3.05) is 6.54 Å². The molecule has 3 aliphatic carbocycles. The molecule has 0 bridgehead atoms. The molecule has 0 unspecified atom stereocenters. The summed E-state index contributed by atoms with van der Waals surface area (Å²) in [6, 6.07) is 13.6. The molecule has 2 aromatic carbocycles. The molecular weight excluding hydrogens is 799 g/mol. The van der Waals surface area contributed by atoms with Crippen LogP contribution in [-0.2, 0) is 29.1 Å². The molecule has 0 radical (unpaired) electrons. The number of benzene rings is 2. The van der Waals surface area contributed by atoms with Crippen LogP contribution in [0.2, 0.25) is 0 Å². The molecule has 4 aromatic rings. The number of fused-ring (bicyclic) bond motifs is 5.